The molecular weight excluding hydrogens is 280 g/mol. The molecule has 5 nitrogen and oxygen atoms in total. The van der Waals surface area contributed by atoms with Gasteiger partial charge in [0, 0.05) is 18.9 Å². The minimum Gasteiger partial charge on any atom is -0.481 e. The summed E-state index contributed by atoms with van der Waals surface area (Å²) in [7, 11) is 0. The highest BCUT2D eigenvalue weighted by Gasteiger charge is 2.28. The van der Waals surface area contributed by atoms with Crippen LogP contribution in [0.5, 0.6) is 5.75 Å². The lowest BCUT2D eigenvalue weighted by atomic mass is 9.98. The molecule has 1 aromatic carbocycles. The number of nitrogens with one attached hydrogen (secondary N) is 2. The molecule has 22 heavy (non-hydrogen) atoms. The van der Waals surface area contributed by atoms with Gasteiger partial charge >= 0.3 is 0 Å². The van der Waals surface area contributed by atoms with Crippen LogP contribution in [0.4, 0.5) is 0 Å². The van der Waals surface area contributed by atoms with E-state index in [1.165, 1.54) is 24.8 Å². The molecule has 3 rings (SSSR count). The Morgan fingerprint density at radius 1 is 1.09 bits per heavy atom. The summed E-state index contributed by atoms with van der Waals surface area (Å²) in [5, 5.41) is 5.85. The Morgan fingerprint density at radius 2 is 1.91 bits per heavy atom. The molecule has 0 spiro atoms. The fourth-order valence-corrected chi connectivity index (χ4v) is 3.04. The second-order valence-corrected chi connectivity index (χ2v) is 6.05. The van der Waals surface area contributed by atoms with Crippen molar-refractivity contribution in [2.45, 2.75) is 50.7 Å². The number of hydrogen-bond donors (Lipinski definition) is 2. The highest BCUT2D eigenvalue weighted by Crippen LogP contribution is 2.19. The number of rotatable bonds is 4. The SMILES string of the molecule is O=C1CCC(Oc2ccc(CC3CCCCN3)cc2)C(=O)N1. The summed E-state index contributed by atoms with van der Waals surface area (Å²) in [5.74, 6) is 0.113. The molecule has 1 aromatic rings. The lowest BCUT2D eigenvalue weighted by Crippen LogP contribution is -2.46. The minimum absolute atomic E-state index is 0.222. The van der Waals surface area contributed by atoms with Crippen LogP contribution in [0.1, 0.15) is 37.7 Å². The lowest BCUT2D eigenvalue weighted by Gasteiger charge is -2.24. The van der Waals surface area contributed by atoms with Gasteiger partial charge in [0.05, 0.1) is 0 Å². The zero-order valence-corrected chi connectivity index (χ0v) is 12.6. The number of imide groups is 1. The van der Waals surface area contributed by atoms with E-state index in [-0.39, 0.29) is 11.8 Å². The van der Waals surface area contributed by atoms with Crippen molar-refractivity contribution >= 4 is 11.8 Å². The average Bonchev–Trinajstić information content (AvgIpc) is 2.53. The Bertz CT molecular complexity index is 535. The molecule has 5 heteroatoms. The topological polar surface area (TPSA) is 67.4 Å². The fourth-order valence-electron chi connectivity index (χ4n) is 3.04. The summed E-state index contributed by atoms with van der Waals surface area (Å²) in [6, 6.07) is 8.48. The Morgan fingerprint density at radius 3 is 2.59 bits per heavy atom. The summed E-state index contributed by atoms with van der Waals surface area (Å²) in [4.78, 5) is 22.8. The number of carbonyl (C=O) groups excluding carboxylic acids is 2. The zero-order valence-electron chi connectivity index (χ0n) is 12.6. The number of piperidine rings is 2. The van der Waals surface area contributed by atoms with Crippen LogP contribution in [0.25, 0.3) is 0 Å². The minimum atomic E-state index is -0.566. The van der Waals surface area contributed by atoms with E-state index in [4.69, 9.17) is 4.74 Å². The molecule has 2 saturated heterocycles. The number of hydrogen-bond acceptors (Lipinski definition) is 4. The third-order valence-corrected chi connectivity index (χ3v) is 4.28. The van der Waals surface area contributed by atoms with Crippen LogP contribution in [-0.4, -0.2) is 30.5 Å². The highest BCUT2D eigenvalue weighted by molar-refractivity contribution is 5.99. The third-order valence-electron chi connectivity index (χ3n) is 4.28. The van der Waals surface area contributed by atoms with Gasteiger partial charge in [-0.3, -0.25) is 14.9 Å². The highest BCUT2D eigenvalue weighted by atomic mass is 16.5. The molecule has 2 aliphatic rings. The standard InChI is InChI=1S/C17H22N2O3/c20-16-9-8-15(17(21)19-16)22-14-6-4-12(5-7-14)11-13-3-1-2-10-18-13/h4-7,13,15,18H,1-3,8-11H2,(H,19,20,21). The summed E-state index contributed by atoms with van der Waals surface area (Å²) in [6.07, 6.45) is 5.04. The molecule has 2 unspecified atom stereocenters. The van der Waals surface area contributed by atoms with E-state index in [0.29, 0.717) is 24.6 Å². The van der Waals surface area contributed by atoms with E-state index in [1.807, 2.05) is 12.1 Å². The summed E-state index contributed by atoms with van der Waals surface area (Å²) < 4.78 is 5.68. The Kier molecular flexibility index (Phi) is 4.73. The second kappa shape index (κ2) is 6.92. The number of carbonyl (C=O) groups is 2. The smallest absolute Gasteiger partial charge is 0.267 e. The largest absolute Gasteiger partial charge is 0.481 e. The van der Waals surface area contributed by atoms with E-state index in [1.54, 1.807) is 0 Å². The molecule has 0 saturated carbocycles. The first-order valence-electron chi connectivity index (χ1n) is 8.03. The van der Waals surface area contributed by atoms with Crippen molar-refractivity contribution in [3.63, 3.8) is 0 Å². The molecule has 2 fully saturated rings. The number of ether oxygens (including phenoxy) is 1. The monoisotopic (exact) mass is 302 g/mol. The van der Waals surface area contributed by atoms with Gasteiger partial charge in [0.25, 0.3) is 5.91 Å². The summed E-state index contributed by atoms with van der Waals surface area (Å²) >= 11 is 0. The van der Waals surface area contributed by atoms with Gasteiger partial charge in [-0.25, -0.2) is 0 Å². The van der Waals surface area contributed by atoms with Crippen LogP contribution in [0, 0.1) is 0 Å². The first kappa shape index (κ1) is 15.0. The maximum absolute atomic E-state index is 11.7. The van der Waals surface area contributed by atoms with Crippen molar-refractivity contribution in [3.05, 3.63) is 29.8 Å². The normalized spacial score (nSPS) is 25.6. The molecule has 2 amide bonds. The van der Waals surface area contributed by atoms with Crippen molar-refractivity contribution in [1.82, 2.24) is 10.6 Å². The van der Waals surface area contributed by atoms with Gasteiger partial charge in [0.2, 0.25) is 5.91 Å². The van der Waals surface area contributed by atoms with Crippen molar-refractivity contribution in [2.24, 2.45) is 0 Å². The molecular formula is C17H22N2O3. The fraction of sp³-hybridized carbons (Fsp3) is 0.529. The summed E-state index contributed by atoms with van der Waals surface area (Å²) in [5.41, 5.74) is 1.27. The number of benzene rings is 1. The van der Waals surface area contributed by atoms with Gasteiger partial charge < -0.3 is 10.1 Å². The van der Waals surface area contributed by atoms with Crippen molar-refractivity contribution in [2.75, 3.05) is 6.54 Å². The van der Waals surface area contributed by atoms with Crippen LogP contribution < -0.4 is 15.4 Å². The Balaban J connectivity index is 1.54. The van der Waals surface area contributed by atoms with Crippen molar-refractivity contribution < 1.29 is 14.3 Å². The van der Waals surface area contributed by atoms with Crippen LogP contribution in [0.2, 0.25) is 0 Å². The predicted molar refractivity (Wildman–Crippen MR) is 82.6 cm³/mol. The van der Waals surface area contributed by atoms with E-state index in [0.717, 1.165) is 13.0 Å². The van der Waals surface area contributed by atoms with Gasteiger partial charge in [0.15, 0.2) is 6.10 Å². The molecule has 0 aromatic heterocycles. The van der Waals surface area contributed by atoms with Gasteiger partial charge in [-0.2, -0.15) is 0 Å². The van der Waals surface area contributed by atoms with Gasteiger partial charge in [-0.1, -0.05) is 18.6 Å². The first-order valence-corrected chi connectivity index (χ1v) is 8.03. The zero-order chi connectivity index (χ0) is 15.4. The predicted octanol–water partition coefficient (Wildman–Crippen LogP) is 1.56. The lowest BCUT2D eigenvalue weighted by molar-refractivity contribution is -0.138. The molecule has 2 heterocycles. The van der Waals surface area contributed by atoms with Crippen LogP contribution in [0.3, 0.4) is 0 Å². The third kappa shape index (κ3) is 3.85. The second-order valence-electron chi connectivity index (χ2n) is 6.05. The molecule has 2 aliphatic heterocycles. The van der Waals surface area contributed by atoms with Gasteiger partial charge in [0.1, 0.15) is 5.75 Å². The molecule has 118 valence electrons. The number of amides is 2. The molecule has 0 aliphatic carbocycles. The summed E-state index contributed by atoms with van der Waals surface area (Å²) in [6.45, 7) is 1.11. The van der Waals surface area contributed by atoms with E-state index in [2.05, 4.69) is 22.8 Å². The van der Waals surface area contributed by atoms with Crippen LogP contribution >= 0.6 is 0 Å². The van der Waals surface area contributed by atoms with Crippen LogP contribution in [0.15, 0.2) is 24.3 Å². The van der Waals surface area contributed by atoms with E-state index < -0.39 is 6.10 Å². The first-order chi connectivity index (χ1) is 10.7. The van der Waals surface area contributed by atoms with E-state index >= 15 is 0 Å². The van der Waals surface area contributed by atoms with Gasteiger partial charge in [-0.05, 0) is 43.5 Å². The van der Waals surface area contributed by atoms with E-state index in [9.17, 15) is 9.59 Å². The maximum atomic E-state index is 11.7. The molecule has 2 atom stereocenters. The van der Waals surface area contributed by atoms with Gasteiger partial charge in [-0.15, -0.1) is 0 Å². The van der Waals surface area contributed by atoms with Crippen LogP contribution in [-0.2, 0) is 16.0 Å². The molecule has 0 bridgehead atoms. The van der Waals surface area contributed by atoms with Crippen molar-refractivity contribution in [3.8, 4) is 5.75 Å². The molecule has 0 radical (unpaired) electrons. The Labute approximate surface area is 130 Å². The maximum Gasteiger partial charge on any atom is 0.267 e. The molecule has 2 N–H and O–H groups in total. The van der Waals surface area contributed by atoms with Crippen molar-refractivity contribution in [1.29, 1.82) is 0 Å². The average molecular weight is 302 g/mol. The quantitative estimate of drug-likeness (QED) is 0.828. The Hall–Kier alpha value is -1.88.